The van der Waals surface area contributed by atoms with Crippen LogP contribution in [0.3, 0.4) is 0 Å². The van der Waals surface area contributed by atoms with Gasteiger partial charge in [0, 0.05) is 19.7 Å². The first kappa shape index (κ1) is 13.9. The van der Waals surface area contributed by atoms with Crippen molar-refractivity contribution in [2.45, 2.75) is 39.7 Å². The quantitative estimate of drug-likeness (QED) is 0.549. The van der Waals surface area contributed by atoms with Crippen LogP contribution in [0.1, 0.15) is 33.6 Å². The maximum Gasteiger partial charge on any atom is 0.0594 e. The van der Waals surface area contributed by atoms with Gasteiger partial charge < -0.3 is 14.8 Å². The van der Waals surface area contributed by atoms with Gasteiger partial charge in [0.2, 0.25) is 0 Å². The zero-order valence-corrected chi connectivity index (χ0v) is 9.84. The minimum atomic E-state index is 0.397. The van der Waals surface area contributed by atoms with Crippen LogP contribution in [-0.2, 0) is 9.47 Å². The zero-order chi connectivity index (χ0) is 10.6. The molecule has 0 saturated carbocycles. The van der Waals surface area contributed by atoms with E-state index in [0.717, 1.165) is 39.3 Å². The van der Waals surface area contributed by atoms with Gasteiger partial charge in [0.15, 0.2) is 0 Å². The first-order valence-electron chi connectivity index (χ1n) is 5.71. The molecule has 0 aliphatic rings. The second-order valence-corrected chi connectivity index (χ2v) is 3.42. The fourth-order valence-electron chi connectivity index (χ4n) is 1.24. The third-order valence-corrected chi connectivity index (χ3v) is 2.00. The minimum Gasteiger partial charge on any atom is -0.380 e. The number of hydrogen-bond acceptors (Lipinski definition) is 3. The summed E-state index contributed by atoms with van der Waals surface area (Å²) in [6.45, 7) is 10.5. The molecule has 1 atom stereocenters. The lowest BCUT2D eigenvalue weighted by Crippen LogP contribution is -2.25. The van der Waals surface area contributed by atoms with Gasteiger partial charge in [-0.05, 0) is 20.3 Å². The Morgan fingerprint density at radius 1 is 1.14 bits per heavy atom. The van der Waals surface area contributed by atoms with Crippen LogP contribution < -0.4 is 5.32 Å². The smallest absolute Gasteiger partial charge is 0.0594 e. The number of rotatable bonds is 10. The molecule has 0 aromatic rings. The van der Waals surface area contributed by atoms with Crippen molar-refractivity contribution in [2.75, 3.05) is 32.9 Å². The summed E-state index contributed by atoms with van der Waals surface area (Å²) in [6, 6.07) is 0. The minimum absolute atomic E-state index is 0.397. The highest BCUT2D eigenvalue weighted by atomic mass is 16.5. The summed E-state index contributed by atoms with van der Waals surface area (Å²) in [7, 11) is 0. The lowest BCUT2D eigenvalue weighted by atomic mass is 10.2. The molecule has 0 aromatic carbocycles. The lowest BCUT2D eigenvalue weighted by Gasteiger charge is -2.12. The van der Waals surface area contributed by atoms with Crippen LogP contribution in [0.2, 0.25) is 0 Å². The molecule has 0 aliphatic carbocycles. The van der Waals surface area contributed by atoms with Gasteiger partial charge in [0.1, 0.15) is 0 Å². The van der Waals surface area contributed by atoms with Crippen LogP contribution in [0.4, 0.5) is 0 Å². The van der Waals surface area contributed by atoms with Gasteiger partial charge in [-0.1, -0.05) is 13.3 Å². The zero-order valence-electron chi connectivity index (χ0n) is 9.84. The van der Waals surface area contributed by atoms with E-state index < -0.39 is 0 Å². The summed E-state index contributed by atoms with van der Waals surface area (Å²) in [6.07, 6.45) is 2.74. The fraction of sp³-hybridized carbons (Fsp3) is 1.00. The van der Waals surface area contributed by atoms with E-state index in [1.807, 2.05) is 6.92 Å². The maximum absolute atomic E-state index is 5.59. The molecule has 0 fully saturated rings. The molecule has 0 aliphatic heterocycles. The average Bonchev–Trinajstić information content (AvgIpc) is 2.17. The monoisotopic (exact) mass is 203 g/mol. The molecule has 0 aromatic heterocycles. The van der Waals surface area contributed by atoms with Crippen LogP contribution in [-0.4, -0.2) is 39.0 Å². The van der Waals surface area contributed by atoms with Crippen molar-refractivity contribution < 1.29 is 9.47 Å². The second-order valence-electron chi connectivity index (χ2n) is 3.42. The highest BCUT2D eigenvalue weighted by Gasteiger charge is 1.98. The maximum atomic E-state index is 5.59. The largest absolute Gasteiger partial charge is 0.380 e. The molecule has 0 rings (SSSR count). The number of nitrogens with one attached hydrogen (secondary N) is 1. The van der Waals surface area contributed by atoms with E-state index in [1.165, 1.54) is 6.42 Å². The summed E-state index contributed by atoms with van der Waals surface area (Å²) in [5, 5.41) is 3.27. The van der Waals surface area contributed by atoms with Gasteiger partial charge in [0.05, 0.1) is 19.3 Å². The molecule has 0 heterocycles. The summed E-state index contributed by atoms with van der Waals surface area (Å²) in [4.78, 5) is 0. The number of ether oxygens (including phenoxy) is 2. The molecule has 14 heavy (non-hydrogen) atoms. The van der Waals surface area contributed by atoms with Crippen LogP contribution in [0.25, 0.3) is 0 Å². The third-order valence-electron chi connectivity index (χ3n) is 2.00. The average molecular weight is 203 g/mol. The van der Waals surface area contributed by atoms with Crippen molar-refractivity contribution in [3.05, 3.63) is 0 Å². The Hall–Kier alpha value is -0.120. The van der Waals surface area contributed by atoms with Crippen molar-refractivity contribution in [1.82, 2.24) is 5.32 Å². The molecule has 86 valence electrons. The molecule has 0 saturated heterocycles. The fourth-order valence-corrected chi connectivity index (χ4v) is 1.24. The topological polar surface area (TPSA) is 30.5 Å². The van der Waals surface area contributed by atoms with Crippen molar-refractivity contribution in [2.24, 2.45) is 0 Å². The Balaban J connectivity index is 2.98. The van der Waals surface area contributed by atoms with E-state index in [1.54, 1.807) is 0 Å². The first-order valence-corrected chi connectivity index (χ1v) is 5.71. The van der Waals surface area contributed by atoms with Gasteiger partial charge in [0.25, 0.3) is 0 Å². The SMILES string of the molecule is CCCC(C)OCCNCCOCC. The molecular formula is C11H25NO2. The normalized spacial score (nSPS) is 13.1. The van der Waals surface area contributed by atoms with Gasteiger partial charge in [-0.15, -0.1) is 0 Å². The summed E-state index contributed by atoms with van der Waals surface area (Å²) in [5.74, 6) is 0. The van der Waals surface area contributed by atoms with Gasteiger partial charge in [-0.2, -0.15) is 0 Å². The van der Waals surface area contributed by atoms with Gasteiger partial charge >= 0.3 is 0 Å². The second kappa shape index (κ2) is 11.0. The van der Waals surface area contributed by atoms with Crippen LogP contribution in [0.5, 0.6) is 0 Å². The third kappa shape index (κ3) is 9.96. The van der Waals surface area contributed by atoms with Crippen LogP contribution >= 0.6 is 0 Å². The van der Waals surface area contributed by atoms with Crippen molar-refractivity contribution in [1.29, 1.82) is 0 Å². The molecule has 0 amide bonds. The highest BCUT2D eigenvalue weighted by Crippen LogP contribution is 1.99. The molecule has 3 nitrogen and oxygen atoms in total. The Labute approximate surface area is 88.2 Å². The van der Waals surface area contributed by atoms with Crippen molar-refractivity contribution in [3.8, 4) is 0 Å². The van der Waals surface area contributed by atoms with Crippen molar-refractivity contribution >= 4 is 0 Å². The molecule has 0 spiro atoms. The Kier molecular flexibility index (Phi) is 10.9. The first-order chi connectivity index (χ1) is 6.81. The molecule has 0 bridgehead atoms. The molecule has 3 heteroatoms. The van der Waals surface area contributed by atoms with Crippen LogP contribution in [0, 0.1) is 0 Å². The number of hydrogen-bond donors (Lipinski definition) is 1. The summed E-state index contributed by atoms with van der Waals surface area (Å²) < 4.78 is 10.8. The predicted molar refractivity (Wildman–Crippen MR) is 59.7 cm³/mol. The highest BCUT2D eigenvalue weighted by molar-refractivity contribution is 4.50. The van der Waals surface area contributed by atoms with E-state index in [4.69, 9.17) is 9.47 Å². The molecular weight excluding hydrogens is 178 g/mol. The summed E-state index contributed by atoms with van der Waals surface area (Å²) in [5.41, 5.74) is 0. The van der Waals surface area contributed by atoms with Crippen molar-refractivity contribution in [3.63, 3.8) is 0 Å². The van der Waals surface area contributed by atoms with E-state index >= 15 is 0 Å². The Bertz CT molecular complexity index is 109. The molecule has 0 radical (unpaired) electrons. The Morgan fingerprint density at radius 3 is 2.50 bits per heavy atom. The standard InChI is InChI=1S/C11H25NO2/c1-4-6-11(3)14-10-8-12-7-9-13-5-2/h11-12H,4-10H2,1-3H3. The van der Waals surface area contributed by atoms with E-state index in [2.05, 4.69) is 19.2 Å². The van der Waals surface area contributed by atoms with Gasteiger partial charge in [-0.25, -0.2) is 0 Å². The predicted octanol–water partition coefficient (Wildman–Crippen LogP) is 1.82. The van der Waals surface area contributed by atoms with E-state index in [0.29, 0.717) is 6.10 Å². The molecule has 1 N–H and O–H groups in total. The van der Waals surface area contributed by atoms with E-state index in [9.17, 15) is 0 Å². The van der Waals surface area contributed by atoms with E-state index in [-0.39, 0.29) is 0 Å². The summed E-state index contributed by atoms with van der Waals surface area (Å²) >= 11 is 0. The lowest BCUT2D eigenvalue weighted by molar-refractivity contribution is 0.0604. The van der Waals surface area contributed by atoms with Crippen LogP contribution in [0.15, 0.2) is 0 Å². The van der Waals surface area contributed by atoms with Gasteiger partial charge in [-0.3, -0.25) is 0 Å². The molecule has 1 unspecified atom stereocenters. The Morgan fingerprint density at radius 2 is 1.86 bits per heavy atom.